The van der Waals surface area contributed by atoms with E-state index in [9.17, 15) is 14.4 Å². The first-order valence-corrected chi connectivity index (χ1v) is 15.7. The monoisotopic (exact) mass is 525 g/mol. The molecule has 0 saturated carbocycles. The van der Waals surface area contributed by atoms with Gasteiger partial charge in [-0.2, -0.15) is 0 Å². The van der Waals surface area contributed by atoms with E-state index in [0.717, 1.165) is 38.5 Å². The van der Waals surface area contributed by atoms with Crippen molar-refractivity contribution < 1.29 is 24.2 Å². The molecule has 1 amide bonds. The van der Waals surface area contributed by atoms with Gasteiger partial charge in [0.15, 0.2) is 0 Å². The molecule has 0 aliphatic carbocycles. The van der Waals surface area contributed by atoms with Crippen molar-refractivity contribution in [1.82, 2.24) is 5.32 Å². The van der Waals surface area contributed by atoms with Crippen LogP contribution in [0.5, 0.6) is 0 Å². The summed E-state index contributed by atoms with van der Waals surface area (Å²) in [6.07, 6.45) is 25.7. The highest BCUT2D eigenvalue weighted by atomic mass is 16.5. The summed E-state index contributed by atoms with van der Waals surface area (Å²) < 4.78 is 5.38. The van der Waals surface area contributed by atoms with Gasteiger partial charge < -0.3 is 15.2 Å². The third kappa shape index (κ3) is 25.8. The smallest absolute Gasteiger partial charge is 0.328 e. The zero-order valence-corrected chi connectivity index (χ0v) is 24.3. The van der Waals surface area contributed by atoms with Crippen LogP contribution in [0.1, 0.15) is 168 Å². The maximum atomic E-state index is 12.5. The van der Waals surface area contributed by atoms with E-state index in [1.54, 1.807) is 0 Å². The van der Waals surface area contributed by atoms with Crippen molar-refractivity contribution in [2.45, 2.75) is 174 Å². The number of nitrogens with one attached hydrogen (secondary N) is 1. The number of unbranched alkanes of at least 4 members (excludes halogenated alkanes) is 19. The van der Waals surface area contributed by atoms with Crippen LogP contribution in [0.15, 0.2) is 0 Å². The van der Waals surface area contributed by atoms with Gasteiger partial charge in [-0.1, -0.05) is 136 Å². The van der Waals surface area contributed by atoms with Gasteiger partial charge in [-0.25, -0.2) is 4.79 Å². The van der Waals surface area contributed by atoms with Gasteiger partial charge in [0.05, 0.1) is 6.61 Å². The Hall–Kier alpha value is -1.59. The van der Waals surface area contributed by atoms with Crippen molar-refractivity contribution in [2.24, 2.45) is 0 Å². The number of hydrogen-bond donors (Lipinski definition) is 2. The number of rotatable bonds is 28. The van der Waals surface area contributed by atoms with Gasteiger partial charge >= 0.3 is 11.9 Å². The molecular formula is C31H59NO5. The minimum absolute atomic E-state index is 0.0656. The summed E-state index contributed by atoms with van der Waals surface area (Å²) in [6.45, 7) is 4.79. The Bertz CT molecular complexity index is 552. The van der Waals surface area contributed by atoms with Crippen LogP contribution >= 0.6 is 0 Å². The van der Waals surface area contributed by atoms with E-state index in [1.807, 2.05) is 0 Å². The summed E-state index contributed by atoms with van der Waals surface area (Å²) in [5.74, 6) is -1.68. The molecule has 37 heavy (non-hydrogen) atoms. The van der Waals surface area contributed by atoms with Gasteiger partial charge in [0.1, 0.15) is 6.04 Å². The fourth-order valence-corrected chi connectivity index (χ4v) is 4.60. The van der Waals surface area contributed by atoms with Gasteiger partial charge in [0.25, 0.3) is 0 Å². The molecule has 6 heteroatoms. The Labute approximate surface area is 228 Å². The second-order valence-electron chi connectivity index (χ2n) is 10.7. The van der Waals surface area contributed by atoms with E-state index in [2.05, 4.69) is 19.2 Å². The maximum absolute atomic E-state index is 12.5. The van der Waals surface area contributed by atoms with Crippen molar-refractivity contribution >= 4 is 17.8 Å². The largest absolute Gasteiger partial charge is 0.481 e. The van der Waals surface area contributed by atoms with Crippen LogP contribution in [0.3, 0.4) is 0 Å². The molecule has 0 bridgehead atoms. The zero-order valence-electron chi connectivity index (χ0n) is 24.3. The predicted molar refractivity (Wildman–Crippen MR) is 153 cm³/mol. The lowest BCUT2D eigenvalue weighted by molar-refractivity contribution is -0.148. The second kappa shape index (κ2) is 27.4. The number of aliphatic carboxylic acids is 1. The first-order chi connectivity index (χ1) is 18.0. The summed E-state index contributed by atoms with van der Waals surface area (Å²) in [5, 5.41) is 11.7. The molecule has 0 saturated heterocycles. The molecule has 0 aromatic carbocycles. The SMILES string of the molecule is CCCCCCCCCCCCCCOC(=O)[C@H](CCC(=O)O)NC(=O)CCCCCCCCCCC. The quantitative estimate of drug-likeness (QED) is 0.0789. The van der Waals surface area contributed by atoms with Gasteiger partial charge in [0, 0.05) is 12.8 Å². The zero-order chi connectivity index (χ0) is 27.4. The maximum Gasteiger partial charge on any atom is 0.328 e. The lowest BCUT2D eigenvalue weighted by Crippen LogP contribution is -2.42. The Morgan fingerprint density at radius 2 is 1.00 bits per heavy atom. The average molecular weight is 526 g/mol. The number of carboxylic acid groups (broad SMARTS) is 1. The standard InChI is InChI=1S/C31H59NO5/c1-3-5-7-9-11-13-14-15-17-19-21-23-27-37-31(36)28(25-26-30(34)35)32-29(33)24-22-20-18-16-12-10-8-6-4-2/h28H,3-27H2,1-2H3,(H,32,33)(H,34,35)/t28-/m0/s1. The minimum Gasteiger partial charge on any atom is -0.481 e. The topological polar surface area (TPSA) is 92.7 Å². The van der Waals surface area contributed by atoms with Crippen LogP contribution < -0.4 is 5.32 Å². The minimum atomic E-state index is -0.980. The summed E-state index contributed by atoms with van der Waals surface area (Å²) >= 11 is 0. The highest BCUT2D eigenvalue weighted by molar-refractivity contribution is 5.84. The molecule has 0 heterocycles. The Kier molecular flexibility index (Phi) is 26.3. The molecule has 6 nitrogen and oxygen atoms in total. The Morgan fingerprint density at radius 1 is 0.595 bits per heavy atom. The summed E-state index contributed by atoms with van der Waals surface area (Å²) in [5.41, 5.74) is 0. The van der Waals surface area contributed by atoms with E-state index >= 15 is 0 Å². The molecule has 0 rings (SSSR count). The van der Waals surface area contributed by atoms with Crippen molar-refractivity contribution in [3.63, 3.8) is 0 Å². The third-order valence-corrected chi connectivity index (χ3v) is 7.02. The van der Waals surface area contributed by atoms with Crippen molar-refractivity contribution in [3.8, 4) is 0 Å². The molecule has 0 aromatic heterocycles. The number of ether oxygens (including phenoxy) is 1. The van der Waals surface area contributed by atoms with Crippen LogP contribution in [0.4, 0.5) is 0 Å². The van der Waals surface area contributed by atoms with E-state index < -0.39 is 18.0 Å². The predicted octanol–water partition coefficient (Wildman–Crippen LogP) is 8.50. The van der Waals surface area contributed by atoms with Crippen LogP contribution in [0.2, 0.25) is 0 Å². The molecule has 218 valence electrons. The first kappa shape index (κ1) is 35.4. The Morgan fingerprint density at radius 3 is 1.43 bits per heavy atom. The summed E-state index contributed by atoms with van der Waals surface area (Å²) in [7, 11) is 0. The molecular weight excluding hydrogens is 466 g/mol. The van der Waals surface area contributed by atoms with Crippen LogP contribution in [-0.2, 0) is 19.1 Å². The normalized spacial score (nSPS) is 11.8. The average Bonchev–Trinajstić information content (AvgIpc) is 2.88. The number of carbonyl (C=O) groups is 3. The fourth-order valence-electron chi connectivity index (χ4n) is 4.60. The number of carboxylic acids is 1. The summed E-state index contributed by atoms with van der Waals surface area (Å²) in [4.78, 5) is 35.8. The molecule has 2 N–H and O–H groups in total. The highest BCUT2D eigenvalue weighted by Crippen LogP contribution is 2.13. The van der Waals surface area contributed by atoms with Gasteiger partial charge in [-0.05, 0) is 19.3 Å². The molecule has 0 aromatic rings. The van der Waals surface area contributed by atoms with E-state index in [0.29, 0.717) is 13.0 Å². The van der Waals surface area contributed by atoms with Gasteiger partial charge in [-0.3, -0.25) is 9.59 Å². The van der Waals surface area contributed by atoms with Crippen LogP contribution in [0, 0.1) is 0 Å². The lowest BCUT2D eigenvalue weighted by atomic mass is 10.1. The van der Waals surface area contributed by atoms with E-state index in [-0.39, 0.29) is 18.7 Å². The molecule has 0 aliphatic heterocycles. The Balaban J connectivity index is 3.93. The summed E-state index contributed by atoms with van der Waals surface area (Å²) in [6, 6.07) is -0.875. The number of carbonyl (C=O) groups excluding carboxylic acids is 2. The first-order valence-electron chi connectivity index (χ1n) is 15.7. The molecule has 0 fully saturated rings. The molecule has 1 atom stereocenters. The van der Waals surface area contributed by atoms with Crippen molar-refractivity contribution in [3.05, 3.63) is 0 Å². The van der Waals surface area contributed by atoms with Crippen LogP contribution in [-0.4, -0.2) is 35.6 Å². The number of amides is 1. The van der Waals surface area contributed by atoms with Crippen molar-refractivity contribution in [1.29, 1.82) is 0 Å². The van der Waals surface area contributed by atoms with Crippen molar-refractivity contribution in [2.75, 3.05) is 6.61 Å². The molecule has 0 aliphatic rings. The third-order valence-electron chi connectivity index (χ3n) is 7.02. The van der Waals surface area contributed by atoms with E-state index in [4.69, 9.17) is 9.84 Å². The number of hydrogen-bond acceptors (Lipinski definition) is 4. The molecule has 0 unspecified atom stereocenters. The highest BCUT2D eigenvalue weighted by Gasteiger charge is 2.23. The van der Waals surface area contributed by atoms with Crippen LogP contribution in [0.25, 0.3) is 0 Å². The molecule has 0 spiro atoms. The number of esters is 1. The fraction of sp³-hybridized carbons (Fsp3) is 0.903. The van der Waals surface area contributed by atoms with E-state index in [1.165, 1.54) is 96.3 Å². The lowest BCUT2D eigenvalue weighted by Gasteiger charge is -2.17. The van der Waals surface area contributed by atoms with Gasteiger partial charge in [0.2, 0.25) is 5.91 Å². The second-order valence-corrected chi connectivity index (χ2v) is 10.7. The van der Waals surface area contributed by atoms with Gasteiger partial charge in [-0.15, -0.1) is 0 Å². The molecule has 0 radical (unpaired) electrons.